The Kier molecular flexibility index (Phi) is 6.55. The van der Waals surface area contributed by atoms with Crippen LogP contribution in [0.15, 0.2) is 54.7 Å². The van der Waals surface area contributed by atoms with Gasteiger partial charge in [0.25, 0.3) is 0 Å². The number of benzene rings is 2. The number of carbonyl (C=O) groups is 1. The molecule has 1 aromatic heterocycles. The number of rotatable bonds is 7. The Morgan fingerprint density at radius 1 is 1.00 bits per heavy atom. The fourth-order valence-corrected chi connectivity index (χ4v) is 4.67. The Morgan fingerprint density at radius 2 is 1.73 bits per heavy atom. The fourth-order valence-electron chi connectivity index (χ4n) is 3.63. The predicted octanol–water partition coefficient (Wildman–Crippen LogP) is 5.52. The molecule has 3 aromatic rings. The molecular formula is C24H25ClN6OS. The molecule has 7 nitrogen and oxygen atoms in total. The van der Waals surface area contributed by atoms with Crippen LogP contribution in [0.4, 0.5) is 34.5 Å². The molecule has 2 aromatic carbocycles. The lowest BCUT2D eigenvalue weighted by molar-refractivity contribution is -0.117. The molecule has 2 aliphatic rings. The maximum Gasteiger partial charge on any atom is 0.229 e. The molecule has 1 aliphatic carbocycles. The molecule has 1 saturated carbocycles. The smallest absolute Gasteiger partial charge is 0.229 e. The Hall–Kier alpha value is -2.97. The van der Waals surface area contributed by atoms with Crippen LogP contribution in [0.1, 0.15) is 12.8 Å². The Balaban J connectivity index is 1.29. The maximum absolute atomic E-state index is 12.2. The Labute approximate surface area is 202 Å². The van der Waals surface area contributed by atoms with Crippen molar-refractivity contribution in [1.29, 1.82) is 0 Å². The van der Waals surface area contributed by atoms with Crippen molar-refractivity contribution >= 4 is 63.8 Å². The molecule has 0 unspecified atom stereocenters. The summed E-state index contributed by atoms with van der Waals surface area (Å²) in [5.41, 5.74) is 3.55. The molecule has 33 heavy (non-hydrogen) atoms. The average molecular weight is 481 g/mol. The van der Waals surface area contributed by atoms with Crippen molar-refractivity contribution in [3.05, 3.63) is 59.8 Å². The van der Waals surface area contributed by atoms with Gasteiger partial charge < -0.3 is 20.9 Å². The largest absolute Gasteiger partial charge is 0.370 e. The zero-order chi connectivity index (χ0) is 22.6. The summed E-state index contributed by atoms with van der Waals surface area (Å²) in [6, 6.07) is 15.8. The van der Waals surface area contributed by atoms with E-state index in [1.165, 1.54) is 17.2 Å². The summed E-state index contributed by atoms with van der Waals surface area (Å²) in [5.74, 6) is 3.40. The number of hydrogen-bond donors (Lipinski definition) is 3. The monoisotopic (exact) mass is 480 g/mol. The van der Waals surface area contributed by atoms with Crippen LogP contribution in [0, 0.1) is 5.92 Å². The van der Waals surface area contributed by atoms with E-state index in [1.807, 2.05) is 48.2 Å². The molecule has 5 rings (SSSR count). The van der Waals surface area contributed by atoms with Crippen LogP contribution in [0.5, 0.6) is 0 Å². The van der Waals surface area contributed by atoms with Gasteiger partial charge in [0.15, 0.2) is 5.82 Å². The summed E-state index contributed by atoms with van der Waals surface area (Å²) in [7, 11) is 0. The van der Waals surface area contributed by atoms with Crippen LogP contribution >= 0.6 is 23.4 Å². The zero-order valence-corrected chi connectivity index (χ0v) is 19.6. The molecular weight excluding hydrogens is 456 g/mol. The fraction of sp³-hybridized carbons (Fsp3) is 0.292. The van der Waals surface area contributed by atoms with E-state index >= 15 is 0 Å². The van der Waals surface area contributed by atoms with Gasteiger partial charge in [0.05, 0.1) is 17.6 Å². The van der Waals surface area contributed by atoms with Gasteiger partial charge in [-0.2, -0.15) is 16.7 Å². The minimum absolute atomic E-state index is 0.0483. The highest BCUT2D eigenvalue weighted by Gasteiger charge is 2.30. The normalized spacial score (nSPS) is 15.7. The molecule has 9 heteroatoms. The van der Waals surface area contributed by atoms with Crippen LogP contribution in [-0.4, -0.2) is 40.5 Å². The van der Waals surface area contributed by atoms with Gasteiger partial charge in [-0.05, 0) is 49.2 Å². The molecule has 1 saturated heterocycles. The molecule has 3 N–H and O–H groups in total. The third-order valence-electron chi connectivity index (χ3n) is 5.63. The molecule has 0 atom stereocenters. The Bertz CT molecular complexity index is 1130. The molecule has 0 spiro atoms. The highest BCUT2D eigenvalue weighted by molar-refractivity contribution is 7.99. The van der Waals surface area contributed by atoms with Crippen LogP contribution in [0.3, 0.4) is 0 Å². The summed E-state index contributed by atoms with van der Waals surface area (Å²) in [6.45, 7) is 2.16. The first-order valence-electron chi connectivity index (χ1n) is 11.0. The van der Waals surface area contributed by atoms with E-state index in [0.717, 1.165) is 37.3 Å². The quantitative estimate of drug-likeness (QED) is 0.410. The van der Waals surface area contributed by atoms with Crippen LogP contribution in [-0.2, 0) is 4.79 Å². The minimum atomic E-state index is 0.0483. The summed E-state index contributed by atoms with van der Waals surface area (Å²) in [4.78, 5) is 23.5. The number of halogens is 1. The number of thioether (sulfide) groups is 1. The van der Waals surface area contributed by atoms with Gasteiger partial charge in [0.2, 0.25) is 11.9 Å². The minimum Gasteiger partial charge on any atom is -0.370 e. The molecule has 2 heterocycles. The topological polar surface area (TPSA) is 82.2 Å². The van der Waals surface area contributed by atoms with Gasteiger partial charge in [-0.15, -0.1) is 0 Å². The lowest BCUT2D eigenvalue weighted by Gasteiger charge is -2.28. The van der Waals surface area contributed by atoms with Crippen molar-refractivity contribution in [3.8, 4) is 0 Å². The van der Waals surface area contributed by atoms with Gasteiger partial charge in [0, 0.05) is 41.9 Å². The second kappa shape index (κ2) is 9.89. The number of hydrogen-bond acceptors (Lipinski definition) is 7. The summed E-state index contributed by atoms with van der Waals surface area (Å²) < 4.78 is 0. The van der Waals surface area contributed by atoms with Gasteiger partial charge in [-0.3, -0.25) is 4.79 Å². The van der Waals surface area contributed by atoms with Gasteiger partial charge in [-0.1, -0.05) is 23.7 Å². The van der Waals surface area contributed by atoms with E-state index < -0.39 is 0 Å². The summed E-state index contributed by atoms with van der Waals surface area (Å²) in [5, 5.41) is 9.86. The number of anilines is 6. The molecule has 1 aliphatic heterocycles. The molecule has 0 radical (unpaired) electrons. The lowest BCUT2D eigenvalue weighted by Crippen LogP contribution is -2.32. The van der Waals surface area contributed by atoms with Crippen molar-refractivity contribution in [2.24, 2.45) is 5.92 Å². The van der Waals surface area contributed by atoms with Crippen LogP contribution in [0.2, 0.25) is 5.02 Å². The van der Waals surface area contributed by atoms with Crippen molar-refractivity contribution in [3.63, 3.8) is 0 Å². The number of nitrogens with zero attached hydrogens (tertiary/aromatic N) is 3. The molecule has 1 amide bonds. The van der Waals surface area contributed by atoms with Crippen LogP contribution in [0.25, 0.3) is 0 Å². The van der Waals surface area contributed by atoms with E-state index in [9.17, 15) is 4.79 Å². The molecule has 0 bridgehead atoms. The number of nitrogens with one attached hydrogen (secondary N) is 3. The van der Waals surface area contributed by atoms with Gasteiger partial charge in [-0.25, -0.2) is 4.98 Å². The van der Waals surface area contributed by atoms with Crippen molar-refractivity contribution in [2.75, 3.05) is 45.4 Å². The number of para-hydroxylation sites is 2. The second-order valence-corrected chi connectivity index (χ2v) is 9.73. The third-order valence-corrected chi connectivity index (χ3v) is 6.85. The number of aromatic nitrogens is 2. The first-order valence-corrected chi connectivity index (χ1v) is 12.6. The standard InChI is InChI=1S/C24H25ClN6OS/c25-19-15-26-24(27-17-7-9-18(10-8-17)31-11-13-33-14-12-31)30-22(19)28-20-3-1-2-4-21(20)29-23(32)16-5-6-16/h1-4,7-10,15-16H,5-6,11-14H2,(H,29,32)(H2,26,27,28,30). The van der Waals surface area contributed by atoms with E-state index in [-0.39, 0.29) is 11.8 Å². The predicted molar refractivity (Wildman–Crippen MR) is 137 cm³/mol. The van der Waals surface area contributed by atoms with E-state index in [2.05, 4.69) is 43.0 Å². The summed E-state index contributed by atoms with van der Waals surface area (Å²) >= 11 is 8.37. The van der Waals surface area contributed by atoms with Crippen molar-refractivity contribution in [2.45, 2.75) is 12.8 Å². The van der Waals surface area contributed by atoms with Crippen molar-refractivity contribution < 1.29 is 4.79 Å². The maximum atomic E-state index is 12.2. The number of carbonyl (C=O) groups excluding carboxylic acids is 1. The SMILES string of the molecule is O=C(Nc1ccccc1Nc1nc(Nc2ccc(N3CCSCC3)cc2)ncc1Cl)C1CC1. The number of amides is 1. The highest BCUT2D eigenvalue weighted by Crippen LogP contribution is 2.33. The van der Waals surface area contributed by atoms with Crippen molar-refractivity contribution in [1.82, 2.24) is 9.97 Å². The lowest BCUT2D eigenvalue weighted by atomic mass is 10.2. The van der Waals surface area contributed by atoms with E-state index in [0.29, 0.717) is 22.5 Å². The Morgan fingerprint density at radius 3 is 2.45 bits per heavy atom. The molecule has 170 valence electrons. The third kappa shape index (κ3) is 5.51. The van der Waals surface area contributed by atoms with E-state index in [1.54, 1.807) is 6.20 Å². The first kappa shape index (κ1) is 21.9. The first-order chi connectivity index (χ1) is 16.2. The van der Waals surface area contributed by atoms with Gasteiger partial charge in [0.1, 0.15) is 5.02 Å². The van der Waals surface area contributed by atoms with Crippen LogP contribution < -0.4 is 20.9 Å². The van der Waals surface area contributed by atoms with Gasteiger partial charge >= 0.3 is 0 Å². The zero-order valence-electron chi connectivity index (χ0n) is 18.1. The average Bonchev–Trinajstić information content (AvgIpc) is 3.69. The van der Waals surface area contributed by atoms with E-state index in [4.69, 9.17) is 11.6 Å². The molecule has 2 fully saturated rings. The second-order valence-electron chi connectivity index (χ2n) is 8.10. The summed E-state index contributed by atoms with van der Waals surface area (Å²) in [6.07, 6.45) is 3.46. The highest BCUT2D eigenvalue weighted by atomic mass is 35.5.